The first-order valence-electron chi connectivity index (χ1n) is 6.99. The lowest BCUT2D eigenvalue weighted by atomic mass is 10.2. The van der Waals surface area contributed by atoms with Crippen molar-refractivity contribution < 1.29 is 4.79 Å². The molecule has 0 saturated carbocycles. The van der Waals surface area contributed by atoms with E-state index in [0.717, 1.165) is 11.4 Å². The van der Waals surface area contributed by atoms with Gasteiger partial charge in [0.2, 0.25) is 0 Å². The lowest BCUT2D eigenvalue weighted by Crippen LogP contribution is -2.27. The second-order valence-electron chi connectivity index (χ2n) is 5.14. The predicted octanol–water partition coefficient (Wildman–Crippen LogP) is 2.43. The number of halogens is 1. The van der Waals surface area contributed by atoms with Crippen LogP contribution in [-0.4, -0.2) is 30.6 Å². The highest BCUT2D eigenvalue weighted by Crippen LogP contribution is 2.16. The third-order valence-electron chi connectivity index (χ3n) is 3.34. The lowest BCUT2D eigenvalue weighted by Gasteiger charge is -2.11. The number of nitrogens with one attached hydrogen (secondary N) is 1. The average Bonchev–Trinajstić information content (AvgIpc) is 3.02. The molecule has 3 rings (SSSR count). The largest absolute Gasteiger partial charge is 0.271 e. The molecule has 0 unspecified atom stereocenters. The van der Waals surface area contributed by atoms with Crippen molar-refractivity contribution in [1.82, 2.24) is 24.7 Å². The predicted molar refractivity (Wildman–Crippen MR) is 86.5 cm³/mol. The molecule has 0 aliphatic heterocycles. The summed E-state index contributed by atoms with van der Waals surface area (Å²) < 4.78 is 3.12. The molecule has 8 heteroatoms. The molecule has 3 aromatic rings. The van der Waals surface area contributed by atoms with Crippen LogP contribution in [-0.2, 0) is 0 Å². The van der Waals surface area contributed by atoms with Gasteiger partial charge in [-0.2, -0.15) is 5.10 Å². The number of nitrogens with zero attached hydrogens (tertiary/aromatic N) is 5. The van der Waals surface area contributed by atoms with E-state index in [2.05, 4.69) is 20.7 Å². The van der Waals surface area contributed by atoms with E-state index >= 15 is 0 Å². The highest BCUT2D eigenvalue weighted by atomic mass is 35.5. The number of hydrogen-bond acceptors (Lipinski definition) is 4. The molecule has 0 fully saturated rings. The van der Waals surface area contributed by atoms with Crippen molar-refractivity contribution in [1.29, 1.82) is 0 Å². The molecule has 23 heavy (non-hydrogen) atoms. The minimum absolute atomic E-state index is 0.346. The van der Waals surface area contributed by atoms with E-state index in [0.29, 0.717) is 22.4 Å². The molecule has 0 aliphatic carbocycles. The van der Waals surface area contributed by atoms with E-state index in [4.69, 9.17) is 11.6 Å². The quantitative estimate of drug-likeness (QED) is 0.800. The highest BCUT2D eigenvalue weighted by molar-refractivity contribution is 6.34. The third kappa shape index (κ3) is 2.83. The minimum atomic E-state index is -0.346. The molecule has 2 aromatic heterocycles. The van der Waals surface area contributed by atoms with Crippen molar-refractivity contribution in [2.45, 2.75) is 20.8 Å². The number of aromatic nitrogens is 5. The van der Waals surface area contributed by atoms with Crippen molar-refractivity contribution in [2.75, 3.05) is 5.43 Å². The standard InChI is InChI=1S/C15H15ClN6O/c1-9-8-10(2)21(19-9)15-18-17-11(3)22(15)20-14(23)12-6-4-5-7-13(12)16/h4-8H,1-3H3,(H,20,23). The van der Waals surface area contributed by atoms with Crippen molar-refractivity contribution in [3.05, 3.63) is 58.1 Å². The normalized spacial score (nSPS) is 10.8. The molecule has 0 saturated heterocycles. The Morgan fingerprint density at radius 2 is 1.91 bits per heavy atom. The summed E-state index contributed by atoms with van der Waals surface area (Å²) in [5, 5.41) is 12.9. The van der Waals surface area contributed by atoms with Crippen LogP contribution in [0.15, 0.2) is 30.3 Å². The topological polar surface area (TPSA) is 77.6 Å². The van der Waals surface area contributed by atoms with Gasteiger partial charge in [0.15, 0.2) is 5.82 Å². The van der Waals surface area contributed by atoms with E-state index in [9.17, 15) is 4.79 Å². The smallest absolute Gasteiger partial charge is 0.267 e. The number of hydrogen-bond donors (Lipinski definition) is 1. The molecule has 0 radical (unpaired) electrons. The summed E-state index contributed by atoms with van der Waals surface area (Å²) in [6, 6.07) is 8.76. The first kappa shape index (κ1) is 15.2. The van der Waals surface area contributed by atoms with E-state index in [1.807, 2.05) is 19.9 Å². The number of rotatable bonds is 3. The Bertz CT molecular complexity index is 882. The molecule has 1 N–H and O–H groups in total. The summed E-state index contributed by atoms with van der Waals surface area (Å²) >= 11 is 6.07. The minimum Gasteiger partial charge on any atom is -0.267 e. The van der Waals surface area contributed by atoms with Crippen LogP contribution in [0, 0.1) is 20.8 Å². The van der Waals surface area contributed by atoms with Gasteiger partial charge >= 0.3 is 0 Å². The maximum atomic E-state index is 12.5. The van der Waals surface area contributed by atoms with Crippen LogP contribution in [0.4, 0.5) is 0 Å². The van der Waals surface area contributed by atoms with Gasteiger partial charge < -0.3 is 0 Å². The Labute approximate surface area is 137 Å². The number of carbonyl (C=O) groups excluding carboxylic acids is 1. The Morgan fingerprint density at radius 3 is 2.57 bits per heavy atom. The lowest BCUT2D eigenvalue weighted by molar-refractivity contribution is 0.101. The van der Waals surface area contributed by atoms with Crippen LogP contribution in [0.25, 0.3) is 5.95 Å². The van der Waals surface area contributed by atoms with Crippen molar-refractivity contribution >= 4 is 17.5 Å². The fourth-order valence-corrected chi connectivity index (χ4v) is 2.48. The molecule has 118 valence electrons. The monoisotopic (exact) mass is 330 g/mol. The van der Waals surface area contributed by atoms with Gasteiger partial charge in [0, 0.05) is 5.69 Å². The summed E-state index contributed by atoms with van der Waals surface area (Å²) in [5.74, 6) is 0.600. The van der Waals surface area contributed by atoms with Crippen molar-refractivity contribution in [3.8, 4) is 5.95 Å². The van der Waals surface area contributed by atoms with Crippen LogP contribution in [0.1, 0.15) is 27.6 Å². The Kier molecular flexibility index (Phi) is 3.87. The average molecular weight is 331 g/mol. The van der Waals surface area contributed by atoms with Crippen molar-refractivity contribution in [3.63, 3.8) is 0 Å². The molecule has 0 spiro atoms. The Hall–Kier alpha value is -2.67. The number of benzene rings is 1. The van der Waals surface area contributed by atoms with Crippen LogP contribution >= 0.6 is 11.6 Å². The first-order valence-corrected chi connectivity index (χ1v) is 7.36. The van der Waals surface area contributed by atoms with E-state index in [-0.39, 0.29) is 5.91 Å². The van der Waals surface area contributed by atoms with Gasteiger partial charge in [-0.05, 0) is 39.0 Å². The summed E-state index contributed by atoms with van der Waals surface area (Å²) in [4.78, 5) is 12.5. The number of amides is 1. The highest BCUT2D eigenvalue weighted by Gasteiger charge is 2.17. The van der Waals surface area contributed by atoms with Crippen LogP contribution < -0.4 is 5.43 Å². The van der Waals surface area contributed by atoms with Gasteiger partial charge in [-0.1, -0.05) is 23.7 Å². The zero-order valence-electron chi connectivity index (χ0n) is 12.9. The summed E-state index contributed by atoms with van der Waals surface area (Å²) in [7, 11) is 0. The Balaban J connectivity index is 1.98. The van der Waals surface area contributed by atoms with Gasteiger partial charge in [-0.25, -0.2) is 9.36 Å². The van der Waals surface area contributed by atoms with Crippen molar-refractivity contribution in [2.24, 2.45) is 0 Å². The maximum absolute atomic E-state index is 12.5. The zero-order valence-corrected chi connectivity index (χ0v) is 13.7. The molecular weight excluding hydrogens is 316 g/mol. The van der Waals surface area contributed by atoms with Gasteiger partial charge in [0.05, 0.1) is 16.3 Å². The van der Waals surface area contributed by atoms with Gasteiger partial charge in [0.1, 0.15) is 0 Å². The second-order valence-corrected chi connectivity index (χ2v) is 5.55. The van der Waals surface area contributed by atoms with E-state index in [1.54, 1.807) is 35.9 Å². The fourth-order valence-electron chi connectivity index (χ4n) is 2.26. The third-order valence-corrected chi connectivity index (χ3v) is 3.67. The van der Waals surface area contributed by atoms with Crippen LogP contribution in [0.3, 0.4) is 0 Å². The fraction of sp³-hybridized carbons (Fsp3) is 0.200. The molecule has 0 atom stereocenters. The van der Waals surface area contributed by atoms with Gasteiger partial charge in [-0.15, -0.1) is 10.2 Å². The molecule has 2 heterocycles. The molecule has 0 aliphatic rings. The van der Waals surface area contributed by atoms with E-state index in [1.165, 1.54) is 4.68 Å². The van der Waals surface area contributed by atoms with Gasteiger partial charge in [-0.3, -0.25) is 10.2 Å². The summed E-state index contributed by atoms with van der Waals surface area (Å²) in [6.07, 6.45) is 0. The molecular formula is C15H15ClN6O. The summed E-state index contributed by atoms with van der Waals surface area (Å²) in [6.45, 7) is 5.54. The molecule has 1 amide bonds. The van der Waals surface area contributed by atoms with Gasteiger partial charge in [0.25, 0.3) is 11.9 Å². The number of aryl methyl sites for hydroxylation is 3. The maximum Gasteiger partial charge on any atom is 0.271 e. The van der Waals surface area contributed by atoms with E-state index < -0.39 is 0 Å². The Morgan fingerprint density at radius 1 is 1.17 bits per heavy atom. The van der Waals surface area contributed by atoms with Crippen LogP contribution in [0.2, 0.25) is 5.02 Å². The molecule has 0 bridgehead atoms. The SMILES string of the molecule is Cc1cc(C)n(-c2nnc(C)n2NC(=O)c2ccccc2Cl)n1. The zero-order chi connectivity index (χ0) is 16.6. The molecule has 1 aromatic carbocycles. The second kappa shape index (κ2) is 5.85. The first-order chi connectivity index (χ1) is 11.0. The van der Waals surface area contributed by atoms with Crippen LogP contribution in [0.5, 0.6) is 0 Å². The summed E-state index contributed by atoms with van der Waals surface area (Å²) in [5.41, 5.74) is 4.88. The molecule has 7 nitrogen and oxygen atoms in total. The number of carbonyl (C=O) groups is 1.